The number of aliphatic hydroxyl groups excluding tert-OH is 6. The van der Waals surface area contributed by atoms with Gasteiger partial charge in [-0.3, -0.25) is 0 Å². The van der Waals surface area contributed by atoms with E-state index >= 15 is 0 Å². The number of nitrogens with one attached hydrogen (secondary N) is 12. The lowest BCUT2D eigenvalue weighted by molar-refractivity contribution is -0.0294. The molecule has 12 rings (SSSR count). The van der Waals surface area contributed by atoms with Crippen molar-refractivity contribution in [1.29, 1.82) is 0 Å². The highest BCUT2D eigenvalue weighted by Crippen LogP contribution is 2.23. The van der Waals surface area contributed by atoms with Crippen molar-refractivity contribution in [1.82, 2.24) is 63.8 Å². The van der Waals surface area contributed by atoms with Gasteiger partial charge in [0.25, 0.3) is 0 Å². The third-order valence-corrected chi connectivity index (χ3v) is 21.7. The van der Waals surface area contributed by atoms with Crippen LogP contribution in [0.2, 0.25) is 0 Å². The first-order valence-corrected chi connectivity index (χ1v) is 47.6. The zero-order valence-electron chi connectivity index (χ0n) is 79.3. The lowest BCUT2D eigenvalue weighted by Crippen LogP contribution is -2.50. The van der Waals surface area contributed by atoms with Crippen molar-refractivity contribution >= 4 is 0 Å². The molecule has 6 heterocycles. The van der Waals surface area contributed by atoms with Gasteiger partial charge in [-0.15, -0.1) is 0 Å². The van der Waals surface area contributed by atoms with E-state index in [0.717, 1.165) is 116 Å². The van der Waals surface area contributed by atoms with Gasteiger partial charge in [-0.2, -0.15) is 0 Å². The number of hydrogen-bond donors (Lipinski definition) is 18. The Labute approximate surface area is 713 Å². The Bertz CT molecular complexity index is 1980. The lowest BCUT2D eigenvalue weighted by Gasteiger charge is -2.34. The monoisotopic (exact) mass is 1660 g/mol. The van der Waals surface area contributed by atoms with Gasteiger partial charge in [0.15, 0.2) is 0 Å². The maximum absolute atomic E-state index is 9.56. The highest BCUT2D eigenvalue weighted by Gasteiger charge is 2.31. The molecule has 24 heteroatoms. The van der Waals surface area contributed by atoms with E-state index < -0.39 is 0 Å². The van der Waals surface area contributed by atoms with Crippen LogP contribution in [0.3, 0.4) is 0 Å². The summed E-state index contributed by atoms with van der Waals surface area (Å²) in [4.78, 5) is 0. The molecular formula is C92H196N12O12. The van der Waals surface area contributed by atoms with E-state index in [9.17, 15) is 25.5 Å². The van der Waals surface area contributed by atoms with Crippen molar-refractivity contribution in [3.05, 3.63) is 0 Å². The largest absolute Gasteiger partial charge is 0.392 e. The maximum atomic E-state index is 9.56. The molecule has 6 saturated heterocycles. The lowest BCUT2D eigenvalue weighted by atomic mass is 9.89. The van der Waals surface area contributed by atoms with Gasteiger partial charge in [0.2, 0.25) is 0 Å². The summed E-state index contributed by atoms with van der Waals surface area (Å²) in [5.41, 5.74) is 0. The van der Waals surface area contributed by atoms with Crippen LogP contribution in [0.5, 0.6) is 0 Å². The van der Waals surface area contributed by atoms with Gasteiger partial charge >= 0.3 is 0 Å². The predicted molar refractivity (Wildman–Crippen MR) is 486 cm³/mol. The first-order valence-electron chi connectivity index (χ1n) is 47.6. The number of hydrogen-bond acceptors (Lipinski definition) is 24. The normalized spacial score (nSPS) is 28.3. The molecule has 6 aliphatic heterocycles. The Balaban J connectivity index is 0.000000633. The molecule has 0 amide bonds. The molecule has 6 saturated carbocycles. The fraction of sp³-hybridized carbons (Fsp3) is 1.00. The van der Waals surface area contributed by atoms with Gasteiger partial charge in [0.05, 0.1) is 101 Å². The van der Waals surface area contributed by atoms with E-state index in [1.54, 1.807) is 0 Å². The van der Waals surface area contributed by atoms with E-state index in [4.69, 9.17) is 33.5 Å². The van der Waals surface area contributed by atoms with Crippen LogP contribution in [0.15, 0.2) is 0 Å². The minimum absolute atomic E-state index is 0.0765. The summed E-state index contributed by atoms with van der Waals surface area (Å²) in [5.74, 6) is 0. The summed E-state index contributed by atoms with van der Waals surface area (Å²) < 4.78 is 30.8. The Morgan fingerprint density at radius 1 is 0.164 bits per heavy atom. The molecule has 13 atom stereocenters. The maximum Gasteiger partial charge on any atom is 0.0948 e. The number of ether oxygens (including phenoxy) is 6. The van der Waals surface area contributed by atoms with Crippen molar-refractivity contribution in [2.75, 3.05) is 79.3 Å². The van der Waals surface area contributed by atoms with Crippen LogP contribution < -0.4 is 63.8 Å². The summed E-state index contributed by atoms with van der Waals surface area (Å²) in [7, 11) is 0. The third kappa shape index (κ3) is 62.2. The van der Waals surface area contributed by atoms with E-state index in [-0.39, 0.29) is 54.7 Å². The van der Waals surface area contributed by atoms with Gasteiger partial charge in [-0.1, -0.05) is 218 Å². The second kappa shape index (κ2) is 69.3. The van der Waals surface area contributed by atoms with Crippen LogP contribution in [-0.4, -0.2) is 292 Å². The Morgan fingerprint density at radius 3 is 0.724 bits per heavy atom. The van der Waals surface area contributed by atoms with Crippen LogP contribution in [0.4, 0.5) is 0 Å². The van der Waals surface area contributed by atoms with E-state index in [2.05, 4.69) is 230 Å². The van der Waals surface area contributed by atoms with Crippen molar-refractivity contribution in [3.8, 4) is 0 Å². The minimum atomic E-state index is -0.328. The molecule has 0 bridgehead atoms. The van der Waals surface area contributed by atoms with Gasteiger partial charge in [0.1, 0.15) is 0 Å². The third-order valence-electron chi connectivity index (χ3n) is 21.7. The average molecular weight is 1660 g/mol. The molecule has 0 aromatic heterocycles. The topological polar surface area (TPSA) is 321 Å². The summed E-state index contributed by atoms with van der Waals surface area (Å²) in [6, 6.07) is 12.7. The molecule has 0 spiro atoms. The Kier molecular flexibility index (Phi) is 67.5. The summed E-state index contributed by atoms with van der Waals surface area (Å²) in [6.07, 6.45) is 31.1. The van der Waals surface area contributed by atoms with Crippen molar-refractivity contribution < 1.29 is 59.1 Å². The Morgan fingerprint density at radius 2 is 0.405 bits per heavy atom. The number of rotatable bonds is 24. The van der Waals surface area contributed by atoms with Crippen LogP contribution in [0.25, 0.3) is 0 Å². The first kappa shape index (κ1) is 113. The molecule has 6 aliphatic carbocycles. The van der Waals surface area contributed by atoms with Gasteiger partial charge in [-0.05, 0) is 116 Å². The molecule has 12 fully saturated rings. The van der Waals surface area contributed by atoms with E-state index in [1.807, 2.05) is 0 Å². The molecule has 696 valence electrons. The number of aliphatic hydroxyl groups is 6. The standard InChI is InChI=1S/C9H19NO.C9H19N.2C8H17NO2.2C8H17NO.C8H17N.C7H15NO2.2C7H15NO.C7H15N.C6H13NO/c1-7(2)10-8-5-3-4-6-9(8)11;1-8(2)10-9-6-4-3-5-7-9;1-6(2)9-7-5-11-4-3-8(7)10;1-6(2)9-7-3-4-11-5-8(7)10;1-7(2)9-8-3-5-10-6-4-8;1-6(2)9-7-4-3-5-8(7)10;1-7(2)9-8-5-3-4-6-8;1-5(2)8-6-3-10-4-7(6)9;1-6(2)8-7-3-4-9-5-7;1-5(2)8-6-3-4-7(6)9;1-6(2)8-7-4-3-5-7;1-5(2)7-6-3-8-4-6/h7-11H,3-6H2,1-2H3;8-10H,3-7H2,1-2H3;2*6-10H,3-5H2,1-2H3;7-9H,3-6H2,1-2H3;6-10H,3-5H2,1-2H3;7-9H,3-6H2,1-2H3;5-9H,3-4H2,1-2H3;6-8H,3-5H2,1-2H3;5-9H,3-4H2,1-2H3;6-8H,3-5H2,1-2H3;5-7H,3-4H2,1-2H3. The van der Waals surface area contributed by atoms with E-state index in [0.29, 0.717) is 142 Å². The molecule has 24 nitrogen and oxygen atoms in total. The van der Waals surface area contributed by atoms with Crippen molar-refractivity contribution in [2.45, 2.75) is 515 Å². The molecule has 0 aromatic rings. The average Bonchev–Trinajstić information content (AvgIpc) is 1.18. The second-order valence-corrected chi connectivity index (χ2v) is 38.6. The van der Waals surface area contributed by atoms with Crippen LogP contribution in [0.1, 0.15) is 333 Å². The predicted octanol–water partition coefficient (Wildman–Crippen LogP) is 10.8. The van der Waals surface area contributed by atoms with Gasteiger partial charge in [0, 0.05) is 160 Å². The molecule has 12 aliphatic rings. The van der Waals surface area contributed by atoms with Crippen LogP contribution in [-0.2, 0) is 28.4 Å². The van der Waals surface area contributed by atoms with Gasteiger partial charge in [-0.25, -0.2) is 0 Å². The van der Waals surface area contributed by atoms with E-state index in [1.165, 1.54) is 116 Å². The second-order valence-electron chi connectivity index (χ2n) is 38.6. The zero-order chi connectivity index (χ0) is 86.9. The minimum Gasteiger partial charge on any atom is -0.392 e. The Hall–Kier alpha value is -0.960. The van der Waals surface area contributed by atoms with Crippen LogP contribution in [0, 0.1) is 0 Å². The van der Waals surface area contributed by atoms with Gasteiger partial charge < -0.3 is 123 Å². The summed E-state index contributed by atoms with van der Waals surface area (Å²) in [5, 5.41) is 96.8. The molecule has 0 aromatic carbocycles. The summed E-state index contributed by atoms with van der Waals surface area (Å²) in [6.45, 7) is 60.6. The van der Waals surface area contributed by atoms with Crippen molar-refractivity contribution in [3.63, 3.8) is 0 Å². The first-order chi connectivity index (χ1) is 54.9. The quantitative estimate of drug-likeness (QED) is 0.0427. The highest BCUT2D eigenvalue weighted by atomic mass is 16.5. The molecule has 0 radical (unpaired) electrons. The molecule has 18 N–H and O–H groups in total. The highest BCUT2D eigenvalue weighted by molar-refractivity contribution is 4.89. The van der Waals surface area contributed by atoms with Crippen LogP contribution >= 0.6 is 0 Å². The van der Waals surface area contributed by atoms with Crippen molar-refractivity contribution in [2.24, 2.45) is 0 Å². The SMILES string of the molecule is CC(C)NC1CCC1.CC(C)NC1CCC1O.CC(C)NC1CCCC1.CC(C)NC1CCCC1O.CC(C)NC1CCCCC1.CC(C)NC1CCCCC1O.CC(C)NC1CCOC1.CC(C)NC1CCOCC1.CC(C)NC1CCOCC1O.CC(C)NC1COC1.CC(C)NC1COCC1O.CC(C)NC1COCCC1O. The molecular weight excluding hydrogens is 1470 g/mol. The molecule has 116 heavy (non-hydrogen) atoms. The zero-order valence-corrected chi connectivity index (χ0v) is 79.3. The fourth-order valence-corrected chi connectivity index (χ4v) is 15.8. The summed E-state index contributed by atoms with van der Waals surface area (Å²) >= 11 is 0. The fourth-order valence-electron chi connectivity index (χ4n) is 15.8. The smallest absolute Gasteiger partial charge is 0.0948 e. The molecule has 13 unspecified atom stereocenters.